The molecule has 0 amide bonds. The molecule has 0 spiro atoms. The summed E-state index contributed by atoms with van der Waals surface area (Å²) in [6.07, 6.45) is -0.482. The standard InChI is InChI=1S/C14H20O3S/c1-3-11-6-4-5-7-12(11)14(17)13(16)8-9-18-10(2)15/h4-7,13-14,16-17H,3,8-9H2,1-2H3. The molecular weight excluding hydrogens is 248 g/mol. The second kappa shape index (κ2) is 7.56. The summed E-state index contributed by atoms with van der Waals surface area (Å²) in [6, 6.07) is 7.57. The van der Waals surface area contributed by atoms with E-state index in [0.717, 1.165) is 17.5 Å². The van der Waals surface area contributed by atoms with Gasteiger partial charge in [-0.25, -0.2) is 0 Å². The molecule has 2 unspecified atom stereocenters. The number of benzene rings is 1. The van der Waals surface area contributed by atoms with Crippen molar-refractivity contribution in [2.45, 2.75) is 38.9 Å². The van der Waals surface area contributed by atoms with E-state index in [2.05, 4.69) is 0 Å². The smallest absolute Gasteiger partial charge is 0.185 e. The molecule has 0 saturated carbocycles. The van der Waals surface area contributed by atoms with E-state index >= 15 is 0 Å². The van der Waals surface area contributed by atoms with E-state index in [-0.39, 0.29) is 5.12 Å². The van der Waals surface area contributed by atoms with Crippen LogP contribution in [0.4, 0.5) is 0 Å². The molecule has 4 heteroatoms. The number of aliphatic hydroxyl groups is 2. The fourth-order valence-corrected chi connectivity index (χ4v) is 2.48. The van der Waals surface area contributed by atoms with Crippen LogP contribution in [-0.2, 0) is 11.2 Å². The average molecular weight is 268 g/mol. The largest absolute Gasteiger partial charge is 0.390 e. The predicted octanol–water partition coefficient (Wildman–Crippen LogP) is 2.31. The van der Waals surface area contributed by atoms with Crippen molar-refractivity contribution in [3.63, 3.8) is 0 Å². The molecule has 1 aromatic rings. The molecule has 0 fully saturated rings. The highest BCUT2D eigenvalue weighted by Gasteiger charge is 2.20. The number of rotatable bonds is 6. The molecule has 2 atom stereocenters. The van der Waals surface area contributed by atoms with Crippen LogP contribution in [0.2, 0.25) is 0 Å². The highest BCUT2D eigenvalue weighted by Crippen LogP contribution is 2.24. The van der Waals surface area contributed by atoms with Gasteiger partial charge in [0.25, 0.3) is 0 Å². The number of carbonyl (C=O) groups excluding carboxylic acids is 1. The Labute approximate surface area is 112 Å². The maximum Gasteiger partial charge on any atom is 0.185 e. The minimum absolute atomic E-state index is 0.0330. The van der Waals surface area contributed by atoms with Crippen LogP contribution in [0, 0.1) is 0 Å². The Balaban J connectivity index is 2.62. The van der Waals surface area contributed by atoms with Crippen molar-refractivity contribution < 1.29 is 15.0 Å². The zero-order valence-electron chi connectivity index (χ0n) is 10.8. The van der Waals surface area contributed by atoms with Crippen molar-refractivity contribution in [2.75, 3.05) is 5.75 Å². The van der Waals surface area contributed by atoms with Crippen molar-refractivity contribution in [2.24, 2.45) is 0 Å². The first kappa shape index (κ1) is 15.2. The number of aliphatic hydroxyl groups excluding tert-OH is 2. The van der Waals surface area contributed by atoms with Crippen molar-refractivity contribution in [1.82, 2.24) is 0 Å². The maximum atomic E-state index is 10.8. The second-order valence-electron chi connectivity index (χ2n) is 4.19. The summed E-state index contributed by atoms with van der Waals surface area (Å²) in [4.78, 5) is 10.8. The van der Waals surface area contributed by atoms with Gasteiger partial charge in [0.05, 0.1) is 6.10 Å². The second-order valence-corrected chi connectivity index (χ2v) is 5.47. The van der Waals surface area contributed by atoms with Crippen LogP contribution in [0.5, 0.6) is 0 Å². The van der Waals surface area contributed by atoms with Gasteiger partial charge in [0, 0.05) is 12.7 Å². The quantitative estimate of drug-likeness (QED) is 0.831. The van der Waals surface area contributed by atoms with Crippen LogP contribution in [0.25, 0.3) is 0 Å². The minimum Gasteiger partial charge on any atom is -0.390 e. The number of thioether (sulfide) groups is 1. The zero-order chi connectivity index (χ0) is 13.5. The third kappa shape index (κ3) is 4.44. The van der Waals surface area contributed by atoms with Crippen molar-refractivity contribution in [3.05, 3.63) is 35.4 Å². The van der Waals surface area contributed by atoms with Crippen LogP contribution >= 0.6 is 11.8 Å². The lowest BCUT2D eigenvalue weighted by molar-refractivity contribution is -0.109. The van der Waals surface area contributed by atoms with E-state index in [0.29, 0.717) is 12.2 Å². The number of aryl methyl sites for hydroxylation is 1. The Morgan fingerprint density at radius 2 is 2.00 bits per heavy atom. The van der Waals surface area contributed by atoms with Gasteiger partial charge in [0.2, 0.25) is 0 Å². The van der Waals surface area contributed by atoms with Crippen LogP contribution < -0.4 is 0 Å². The summed E-state index contributed by atoms with van der Waals surface area (Å²) in [5.41, 5.74) is 1.82. The Morgan fingerprint density at radius 3 is 2.61 bits per heavy atom. The summed E-state index contributed by atoms with van der Waals surface area (Å²) >= 11 is 1.17. The maximum absolute atomic E-state index is 10.8. The lowest BCUT2D eigenvalue weighted by atomic mass is 9.96. The molecule has 0 aromatic heterocycles. The average Bonchev–Trinajstić information content (AvgIpc) is 2.37. The van der Waals surface area contributed by atoms with Crippen LogP contribution in [0.3, 0.4) is 0 Å². The van der Waals surface area contributed by atoms with Gasteiger partial charge in [0.15, 0.2) is 5.12 Å². The predicted molar refractivity (Wildman–Crippen MR) is 74.5 cm³/mol. The van der Waals surface area contributed by atoms with Gasteiger partial charge < -0.3 is 10.2 Å². The van der Waals surface area contributed by atoms with Crippen molar-refractivity contribution in [3.8, 4) is 0 Å². The summed E-state index contributed by atoms with van der Waals surface area (Å²) in [5.74, 6) is 0.530. The summed E-state index contributed by atoms with van der Waals surface area (Å²) in [7, 11) is 0. The summed E-state index contributed by atoms with van der Waals surface area (Å²) in [6.45, 7) is 3.52. The first-order valence-electron chi connectivity index (χ1n) is 6.13. The molecule has 0 aliphatic heterocycles. The molecule has 1 rings (SSSR count). The fraction of sp³-hybridized carbons (Fsp3) is 0.500. The lowest BCUT2D eigenvalue weighted by Crippen LogP contribution is -2.20. The Bertz CT molecular complexity index is 392. The SMILES string of the molecule is CCc1ccccc1C(O)C(O)CCSC(C)=O. The van der Waals surface area contributed by atoms with E-state index in [1.165, 1.54) is 18.7 Å². The molecule has 2 N–H and O–H groups in total. The van der Waals surface area contributed by atoms with Gasteiger partial charge in [-0.2, -0.15) is 0 Å². The molecular formula is C14H20O3S. The van der Waals surface area contributed by atoms with Crippen molar-refractivity contribution >= 4 is 16.9 Å². The van der Waals surface area contributed by atoms with Gasteiger partial charge >= 0.3 is 0 Å². The van der Waals surface area contributed by atoms with Crippen LogP contribution in [0.15, 0.2) is 24.3 Å². The number of carbonyl (C=O) groups is 1. The van der Waals surface area contributed by atoms with Gasteiger partial charge in [-0.3, -0.25) is 4.79 Å². The molecule has 0 aliphatic carbocycles. The third-order valence-corrected chi connectivity index (χ3v) is 3.68. The van der Waals surface area contributed by atoms with Crippen LogP contribution in [0.1, 0.15) is 37.5 Å². The minimum atomic E-state index is -0.881. The van der Waals surface area contributed by atoms with E-state index in [1.807, 2.05) is 31.2 Å². The number of hydrogen-bond acceptors (Lipinski definition) is 4. The molecule has 0 heterocycles. The van der Waals surface area contributed by atoms with Gasteiger partial charge in [0.1, 0.15) is 6.10 Å². The number of hydrogen-bond donors (Lipinski definition) is 2. The Hall–Kier alpha value is -0.840. The molecule has 1 aromatic carbocycles. The molecule has 0 saturated heterocycles. The van der Waals surface area contributed by atoms with E-state index in [1.54, 1.807) is 0 Å². The zero-order valence-corrected chi connectivity index (χ0v) is 11.6. The molecule has 0 aliphatic rings. The molecule has 0 radical (unpaired) electrons. The highest BCUT2D eigenvalue weighted by molar-refractivity contribution is 8.13. The fourth-order valence-electron chi connectivity index (χ4n) is 1.83. The van der Waals surface area contributed by atoms with E-state index < -0.39 is 12.2 Å². The molecule has 18 heavy (non-hydrogen) atoms. The normalized spacial score (nSPS) is 14.2. The monoisotopic (exact) mass is 268 g/mol. The Morgan fingerprint density at radius 1 is 1.33 bits per heavy atom. The molecule has 100 valence electrons. The van der Waals surface area contributed by atoms with Crippen molar-refractivity contribution in [1.29, 1.82) is 0 Å². The Kier molecular flexibility index (Phi) is 6.39. The van der Waals surface area contributed by atoms with E-state index in [4.69, 9.17) is 0 Å². The first-order chi connectivity index (χ1) is 8.56. The topological polar surface area (TPSA) is 57.5 Å². The lowest BCUT2D eigenvalue weighted by Gasteiger charge is -2.20. The van der Waals surface area contributed by atoms with E-state index in [9.17, 15) is 15.0 Å². The van der Waals surface area contributed by atoms with Crippen LogP contribution in [-0.4, -0.2) is 27.2 Å². The van der Waals surface area contributed by atoms with Gasteiger partial charge in [-0.05, 0) is 24.0 Å². The van der Waals surface area contributed by atoms with Gasteiger partial charge in [-0.1, -0.05) is 43.0 Å². The summed E-state index contributed by atoms with van der Waals surface area (Å²) < 4.78 is 0. The highest BCUT2D eigenvalue weighted by atomic mass is 32.2. The third-order valence-electron chi connectivity index (χ3n) is 2.84. The first-order valence-corrected chi connectivity index (χ1v) is 7.12. The van der Waals surface area contributed by atoms with Gasteiger partial charge in [-0.15, -0.1) is 0 Å². The molecule has 3 nitrogen and oxygen atoms in total. The molecule has 0 bridgehead atoms. The summed E-state index contributed by atoms with van der Waals surface area (Å²) in [5, 5.41) is 20.1.